The number of para-hydroxylation sites is 2. The molecule has 0 saturated carbocycles. The fourth-order valence-corrected chi connectivity index (χ4v) is 7.57. The van der Waals surface area contributed by atoms with E-state index < -0.39 is 10.4 Å². The Labute approximate surface area is 381 Å². The van der Waals surface area contributed by atoms with Gasteiger partial charge in [-0.15, -0.1) is 0 Å². The van der Waals surface area contributed by atoms with Crippen molar-refractivity contribution in [1.82, 2.24) is 0 Å². The van der Waals surface area contributed by atoms with Crippen LogP contribution >= 0.6 is 0 Å². The highest BCUT2D eigenvalue weighted by molar-refractivity contribution is 7.79. The molecule has 0 aliphatic carbocycles. The number of hydrogen-bond acceptors (Lipinski definition) is 12. The number of azo groups is 2. The Kier molecular flexibility index (Phi) is 14.8. The highest BCUT2D eigenvalue weighted by Crippen LogP contribution is 2.39. The third kappa shape index (κ3) is 12.0. The second-order valence-corrected chi connectivity index (χ2v) is 17.0. The van der Waals surface area contributed by atoms with Gasteiger partial charge in [-0.1, -0.05) is 72.8 Å². The molecule has 0 radical (unpaired) electrons. The summed E-state index contributed by atoms with van der Waals surface area (Å²) in [6, 6.07) is 52.3. The summed E-state index contributed by atoms with van der Waals surface area (Å²) >= 11 is 0. The molecule has 6 aromatic rings. The lowest BCUT2D eigenvalue weighted by molar-refractivity contribution is -0.400. The van der Waals surface area contributed by atoms with Gasteiger partial charge in [0.25, 0.3) is 0 Å². The van der Waals surface area contributed by atoms with Gasteiger partial charge in [0.1, 0.15) is 26.5 Å². The monoisotopic (exact) mass is 888 g/mol. The Morgan fingerprint density at radius 3 is 1.05 bits per heavy atom. The molecule has 0 atom stereocenters. The van der Waals surface area contributed by atoms with Crippen molar-refractivity contribution in [1.29, 1.82) is 0 Å². The van der Waals surface area contributed by atoms with Crippen LogP contribution in [0.1, 0.15) is 38.8 Å². The molecule has 0 unspecified atom stereocenters. The van der Waals surface area contributed by atoms with Crippen molar-refractivity contribution >= 4 is 79.8 Å². The van der Waals surface area contributed by atoms with Gasteiger partial charge in [-0.2, -0.15) is 39.8 Å². The third-order valence-corrected chi connectivity index (χ3v) is 11.1. The Morgan fingerprint density at radius 1 is 0.462 bits per heavy atom. The molecule has 8 rings (SSSR count). The molecule has 2 aliphatic rings. The number of hydrazone groups is 2. The fraction of sp³-hybridized carbons (Fsp3) is 0.200. The summed E-state index contributed by atoms with van der Waals surface area (Å²) in [5, 5.41) is 30.3. The van der Waals surface area contributed by atoms with Gasteiger partial charge in [-0.25, -0.2) is 0 Å². The molecule has 0 bridgehead atoms. The van der Waals surface area contributed by atoms with E-state index in [0.29, 0.717) is 0 Å². The topological polar surface area (TPSA) is 167 Å². The van der Waals surface area contributed by atoms with Gasteiger partial charge in [0.2, 0.25) is 22.8 Å². The summed E-state index contributed by atoms with van der Waals surface area (Å²) in [6.07, 6.45) is 3.92. The van der Waals surface area contributed by atoms with Crippen LogP contribution in [0, 0.1) is 0 Å². The summed E-state index contributed by atoms with van der Waals surface area (Å²) in [5.74, 6) is 0. The molecular weight excluding hydrogens is 837 g/mol. The molecule has 332 valence electrons. The van der Waals surface area contributed by atoms with Crippen LogP contribution in [0.15, 0.2) is 188 Å². The van der Waals surface area contributed by atoms with Gasteiger partial charge in [0.05, 0.1) is 45.0 Å². The zero-order valence-corrected chi connectivity index (χ0v) is 38.5. The van der Waals surface area contributed by atoms with E-state index in [1.165, 1.54) is 33.9 Å². The van der Waals surface area contributed by atoms with E-state index in [1.807, 2.05) is 146 Å². The van der Waals surface area contributed by atoms with Gasteiger partial charge in [0.15, 0.2) is 0 Å². The van der Waals surface area contributed by atoms with E-state index in [9.17, 15) is 0 Å². The highest BCUT2D eigenvalue weighted by Gasteiger charge is 2.44. The van der Waals surface area contributed by atoms with Gasteiger partial charge in [0, 0.05) is 47.8 Å². The smallest absolute Gasteiger partial charge is 0.212 e. The quantitative estimate of drug-likeness (QED) is 0.0331. The van der Waals surface area contributed by atoms with E-state index in [1.54, 1.807) is 0 Å². The summed E-state index contributed by atoms with van der Waals surface area (Å²) < 4.78 is 38.5. The Balaban J connectivity index is 0.000000195. The number of hydrogen-bond donors (Lipinski definition) is 0. The molecule has 0 saturated heterocycles. The van der Waals surface area contributed by atoms with Crippen molar-refractivity contribution in [2.45, 2.75) is 38.5 Å². The first-order valence-corrected chi connectivity index (χ1v) is 22.0. The average molecular weight is 889 g/mol. The van der Waals surface area contributed by atoms with Crippen molar-refractivity contribution in [3.8, 4) is 0 Å². The van der Waals surface area contributed by atoms with Gasteiger partial charge >= 0.3 is 0 Å². The van der Waals surface area contributed by atoms with Crippen LogP contribution in [-0.4, -0.2) is 78.7 Å². The lowest BCUT2D eigenvalue weighted by atomic mass is 9.82. The van der Waals surface area contributed by atoms with Gasteiger partial charge < -0.3 is 9.11 Å². The van der Waals surface area contributed by atoms with Gasteiger partial charge in [-0.05, 0) is 100 Å². The van der Waals surface area contributed by atoms with E-state index >= 15 is 0 Å². The minimum atomic E-state index is -5.17. The van der Waals surface area contributed by atoms with E-state index in [2.05, 4.69) is 120 Å². The number of benzene rings is 6. The Hall–Kier alpha value is -7.33. The largest absolute Gasteiger partial charge is 0.759 e. The highest BCUT2D eigenvalue weighted by atomic mass is 32.3. The van der Waals surface area contributed by atoms with Crippen LogP contribution in [-0.2, 0) is 21.2 Å². The maximum absolute atomic E-state index is 8.52. The SMILES string of the molecule is CN(N=CC1=[N+](C)c2ccccc2C1(C)C)c1ccc(N=Nc2ccccc2)cc1.CN(N=CC1=[N+](C)c2ccccc2C1(C)C)c1ccc(N=Nc2ccccc2)cc1.O=S(=O)([O-])[O-]. The normalized spacial score (nSPS) is 14.9. The van der Waals surface area contributed by atoms with Crippen LogP contribution < -0.4 is 10.0 Å². The van der Waals surface area contributed by atoms with Crippen molar-refractivity contribution in [3.63, 3.8) is 0 Å². The summed E-state index contributed by atoms with van der Waals surface area (Å²) in [7, 11) is 2.93. The second-order valence-electron chi connectivity index (χ2n) is 16.2. The Bertz CT molecular complexity index is 2700. The lowest BCUT2D eigenvalue weighted by Gasteiger charge is -2.16. The minimum absolute atomic E-state index is 0.0859. The predicted molar refractivity (Wildman–Crippen MR) is 259 cm³/mol. The molecule has 65 heavy (non-hydrogen) atoms. The van der Waals surface area contributed by atoms with Crippen molar-refractivity contribution < 1.29 is 26.7 Å². The number of nitrogens with zero attached hydrogens (tertiary/aromatic N) is 10. The second kappa shape index (κ2) is 20.5. The number of fused-ring (bicyclic) bond motifs is 2. The average Bonchev–Trinajstić information content (AvgIpc) is 3.62. The molecular formula is C50H52N10O4S. The standard InChI is InChI=1S/2C25H26N5.H2O4S/c2*1-25(2)22-12-8-9-13-23(22)29(3)24(25)18-26-30(4)21-16-14-20(15-17-21)28-27-19-10-6-5-7-11-19;1-5(2,3)4/h2*5-18H,1-4H3;(H2,1,2,3,4)/q2*+1;/p-2. The van der Waals surface area contributed by atoms with Crippen LogP contribution in [0.3, 0.4) is 0 Å². The van der Waals surface area contributed by atoms with E-state index in [0.717, 1.165) is 34.1 Å². The molecule has 2 heterocycles. The Morgan fingerprint density at radius 2 is 0.738 bits per heavy atom. The molecule has 15 heteroatoms. The molecule has 0 fully saturated rings. The van der Waals surface area contributed by atoms with Crippen molar-refractivity contribution in [2.75, 3.05) is 38.2 Å². The van der Waals surface area contributed by atoms with Gasteiger partial charge in [-0.3, -0.25) is 18.4 Å². The zero-order valence-electron chi connectivity index (χ0n) is 37.7. The molecule has 0 spiro atoms. The lowest BCUT2D eigenvalue weighted by Crippen LogP contribution is -2.30. The first-order valence-electron chi connectivity index (χ1n) is 20.7. The first-order chi connectivity index (χ1) is 30.9. The molecule has 14 nitrogen and oxygen atoms in total. The molecule has 6 aromatic carbocycles. The van der Waals surface area contributed by atoms with Crippen LogP contribution in [0.5, 0.6) is 0 Å². The summed E-state index contributed by atoms with van der Waals surface area (Å²) in [4.78, 5) is 0. The van der Waals surface area contributed by atoms with E-state index in [-0.39, 0.29) is 10.8 Å². The number of anilines is 2. The first kappa shape index (κ1) is 47.2. The van der Waals surface area contributed by atoms with Crippen molar-refractivity contribution in [2.24, 2.45) is 30.7 Å². The third-order valence-electron chi connectivity index (χ3n) is 11.1. The van der Waals surface area contributed by atoms with Crippen molar-refractivity contribution in [3.05, 3.63) is 169 Å². The summed E-state index contributed by atoms with van der Waals surface area (Å²) in [5.41, 5.74) is 12.6. The minimum Gasteiger partial charge on any atom is -0.759 e. The fourth-order valence-electron chi connectivity index (χ4n) is 7.57. The zero-order chi connectivity index (χ0) is 46.8. The predicted octanol–water partition coefficient (Wildman–Crippen LogP) is 11.1. The maximum atomic E-state index is 8.52. The van der Waals surface area contributed by atoms with Crippen LogP contribution in [0.25, 0.3) is 0 Å². The maximum Gasteiger partial charge on any atom is 0.212 e. The van der Waals surface area contributed by atoms with E-state index in [4.69, 9.17) is 27.7 Å². The number of rotatable bonds is 10. The summed E-state index contributed by atoms with van der Waals surface area (Å²) in [6.45, 7) is 8.96. The molecule has 0 aromatic heterocycles. The van der Waals surface area contributed by atoms with Crippen LogP contribution in [0.2, 0.25) is 0 Å². The molecule has 0 N–H and O–H groups in total. The molecule has 2 aliphatic heterocycles. The van der Waals surface area contributed by atoms with Crippen LogP contribution in [0.4, 0.5) is 45.5 Å². The molecule has 0 amide bonds.